The van der Waals surface area contributed by atoms with Crippen molar-refractivity contribution in [1.82, 2.24) is 5.43 Å². The zero-order valence-corrected chi connectivity index (χ0v) is 16.7. The lowest BCUT2D eigenvalue weighted by Gasteiger charge is -2.11. The number of para-hydroxylation sites is 1. The summed E-state index contributed by atoms with van der Waals surface area (Å²) >= 11 is 1.01. The van der Waals surface area contributed by atoms with Crippen molar-refractivity contribution in [2.75, 3.05) is 4.72 Å². The fraction of sp³-hybridized carbons (Fsp3) is 0.0526. The summed E-state index contributed by atoms with van der Waals surface area (Å²) < 4.78 is 66.2. The topological polar surface area (TPSA) is 87.6 Å². The van der Waals surface area contributed by atoms with Gasteiger partial charge in [-0.3, -0.25) is 9.52 Å². The van der Waals surface area contributed by atoms with Crippen LogP contribution in [-0.2, 0) is 16.2 Å². The Morgan fingerprint density at radius 1 is 1.00 bits per heavy atom. The van der Waals surface area contributed by atoms with Gasteiger partial charge in [0.1, 0.15) is 4.21 Å². The van der Waals surface area contributed by atoms with Crippen LogP contribution in [0.1, 0.15) is 21.5 Å². The summed E-state index contributed by atoms with van der Waals surface area (Å²) in [6.07, 6.45) is -3.70. The Morgan fingerprint density at radius 3 is 2.40 bits per heavy atom. The zero-order valence-electron chi connectivity index (χ0n) is 15.1. The molecule has 156 valence electrons. The fourth-order valence-electron chi connectivity index (χ4n) is 2.47. The first-order valence-corrected chi connectivity index (χ1v) is 10.7. The molecule has 0 aliphatic rings. The van der Waals surface area contributed by atoms with E-state index in [9.17, 15) is 26.4 Å². The zero-order chi connectivity index (χ0) is 21.8. The molecule has 0 fully saturated rings. The van der Waals surface area contributed by atoms with Crippen LogP contribution in [0.2, 0.25) is 0 Å². The van der Waals surface area contributed by atoms with Crippen LogP contribution >= 0.6 is 11.3 Å². The Hall–Kier alpha value is -3.18. The number of anilines is 1. The monoisotopic (exact) mass is 453 g/mol. The van der Waals surface area contributed by atoms with Gasteiger partial charge in [0.2, 0.25) is 0 Å². The standard InChI is InChI=1S/C19H14F3N3O3S2/c20-19(21,22)15-8-3-1-6-13(15)12-23-24-18(26)14-7-2-4-9-16(14)25-30(27,28)17-10-5-11-29-17/h1-12,25H,(H,24,26)/b23-12-. The number of amides is 1. The van der Waals surface area contributed by atoms with Crippen molar-refractivity contribution >= 4 is 39.2 Å². The number of benzene rings is 2. The van der Waals surface area contributed by atoms with E-state index in [1.54, 1.807) is 11.4 Å². The number of hydrogen-bond acceptors (Lipinski definition) is 5. The number of hydrazone groups is 1. The summed E-state index contributed by atoms with van der Waals surface area (Å²) in [5, 5.41) is 5.18. The highest BCUT2D eigenvalue weighted by Crippen LogP contribution is 2.31. The van der Waals surface area contributed by atoms with E-state index >= 15 is 0 Å². The smallest absolute Gasteiger partial charge is 0.278 e. The molecule has 0 bridgehead atoms. The van der Waals surface area contributed by atoms with Crippen molar-refractivity contribution in [1.29, 1.82) is 0 Å². The van der Waals surface area contributed by atoms with Gasteiger partial charge in [0.25, 0.3) is 15.9 Å². The maximum absolute atomic E-state index is 13.0. The molecule has 0 aliphatic heterocycles. The van der Waals surface area contributed by atoms with E-state index in [4.69, 9.17) is 0 Å². The normalized spacial score (nSPS) is 12.1. The lowest BCUT2D eigenvalue weighted by Crippen LogP contribution is -2.21. The summed E-state index contributed by atoms with van der Waals surface area (Å²) in [4.78, 5) is 12.4. The van der Waals surface area contributed by atoms with E-state index in [-0.39, 0.29) is 21.0 Å². The average molecular weight is 453 g/mol. The Labute approximate surface area is 174 Å². The van der Waals surface area contributed by atoms with Crippen LogP contribution in [0.15, 0.2) is 75.4 Å². The van der Waals surface area contributed by atoms with Gasteiger partial charge in [-0.25, -0.2) is 13.8 Å². The summed E-state index contributed by atoms with van der Waals surface area (Å²) in [6.45, 7) is 0. The molecule has 0 spiro atoms. The van der Waals surface area contributed by atoms with Crippen molar-refractivity contribution in [3.05, 3.63) is 82.7 Å². The molecule has 0 atom stereocenters. The van der Waals surface area contributed by atoms with Crippen molar-refractivity contribution in [3.8, 4) is 0 Å². The number of carbonyl (C=O) groups excluding carboxylic acids is 1. The van der Waals surface area contributed by atoms with Gasteiger partial charge in [0.15, 0.2) is 0 Å². The lowest BCUT2D eigenvalue weighted by molar-refractivity contribution is -0.137. The van der Waals surface area contributed by atoms with Crippen molar-refractivity contribution < 1.29 is 26.4 Å². The molecule has 3 aromatic rings. The highest BCUT2D eigenvalue weighted by atomic mass is 32.2. The second-order valence-corrected chi connectivity index (χ2v) is 8.72. The van der Waals surface area contributed by atoms with E-state index in [0.29, 0.717) is 0 Å². The number of thiophene rings is 1. The lowest BCUT2D eigenvalue weighted by atomic mass is 10.1. The van der Waals surface area contributed by atoms with Crippen LogP contribution in [0.25, 0.3) is 0 Å². The Morgan fingerprint density at radius 2 is 1.70 bits per heavy atom. The van der Waals surface area contributed by atoms with Crippen LogP contribution < -0.4 is 10.1 Å². The van der Waals surface area contributed by atoms with Crippen LogP contribution in [0.5, 0.6) is 0 Å². The minimum absolute atomic E-state index is 0.00860. The Kier molecular flexibility index (Phi) is 6.22. The number of nitrogens with one attached hydrogen (secondary N) is 2. The predicted octanol–water partition coefficient (Wildman–Crippen LogP) is 4.33. The third-order valence-corrected chi connectivity index (χ3v) is 6.57. The van der Waals surface area contributed by atoms with E-state index in [1.807, 2.05) is 0 Å². The quantitative estimate of drug-likeness (QED) is 0.430. The first-order chi connectivity index (χ1) is 14.2. The summed E-state index contributed by atoms with van der Waals surface area (Å²) in [5.41, 5.74) is 0.963. The summed E-state index contributed by atoms with van der Waals surface area (Å²) in [5.74, 6) is -0.791. The van der Waals surface area contributed by atoms with E-state index < -0.39 is 27.7 Å². The van der Waals surface area contributed by atoms with Crippen molar-refractivity contribution in [3.63, 3.8) is 0 Å². The Bertz CT molecular complexity index is 1170. The molecule has 2 N–H and O–H groups in total. The molecule has 0 radical (unpaired) electrons. The second kappa shape index (κ2) is 8.67. The number of sulfonamides is 1. The maximum Gasteiger partial charge on any atom is 0.417 e. The van der Waals surface area contributed by atoms with Crippen LogP contribution in [-0.4, -0.2) is 20.5 Å². The van der Waals surface area contributed by atoms with E-state index in [2.05, 4.69) is 15.2 Å². The molecule has 1 aromatic heterocycles. The highest BCUT2D eigenvalue weighted by molar-refractivity contribution is 7.94. The minimum Gasteiger partial charge on any atom is -0.278 e. The number of alkyl halides is 3. The third kappa shape index (κ3) is 5.05. The Balaban J connectivity index is 1.79. The number of nitrogens with zero attached hydrogens (tertiary/aromatic N) is 1. The van der Waals surface area contributed by atoms with Crippen molar-refractivity contribution in [2.45, 2.75) is 10.4 Å². The van der Waals surface area contributed by atoms with Gasteiger partial charge in [-0.1, -0.05) is 36.4 Å². The second-order valence-electron chi connectivity index (χ2n) is 5.87. The van der Waals surface area contributed by atoms with E-state index in [0.717, 1.165) is 23.6 Å². The third-order valence-electron chi connectivity index (χ3n) is 3.81. The van der Waals surface area contributed by atoms with Crippen LogP contribution in [0, 0.1) is 0 Å². The van der Waals surface area contributed by atoms with Gasteiger partial charge in [-0.05, 0) is 29.6 Å². The average Bonchev–Trinajstić information content (AvgIpc) is 3.23. The molecule has 2 aromatic carbocycles. The molecule has 6 nitrogen and oxygen atoms in total. The van der Waals surface area contributed by atoms with Gasteiger partial charge in [0, 0.05) is 5.56 Å². The summed E-state index contributed by atoms with van der Waals surface area (Å²) in [7, 11) is -3.89. The largest absolute Gasteiger partial charge is 0.417 e. The first kappa shape index (κ1) is 21.5. The molecule has 30 heavy (non-hydrogen) atoms. The molecule has 0 unspecified atom stereocenters. The minimum atomic E-state index is -4.57. The first-order valence-electron chi connectivity index (χ1n) is 8.33. The van der Waals surface area contributed by atoms with Gasteiger partial charge in [0.05, 0.1) is 23.0 Å². The maximum atomic E-state index is 13.0. The van der Waals surface area contributed by atoms with Gasteiger partial charge < -0.3 is 0 Å². The molecule has 11 heteroatoms. The number of halogens is 3. The molecule has 1 heterocycles. The summed E-state index contributed by atoms with van der Waals surface area (Å²) in [6, 6.07) is 13.6. The molecule has 3 rings (SSSR count). The predicted molar refractivity (Wildman–Crippen MR) is 108 cm³/mol. The van der Waals surface area contributed by atoms with Gasteiger partial charge in [-0.15, -0.1) is 11.3 Å². The number of rotatable bonds is 6. The molecule has 0 saturated carbocycles. The fourth-order valence-corrected chi connectivity index (χ4v) is 4.54. The van der Waals surface area contributed by atoms with E-state index in [1.165, 1.54) is 48.5 Å². The SMILES string of the molecule is O=C(N/N=C\c1ccccc1C(F)(F)F)c1ccccc1NS(=O)(=O)c1cccs1. The van der Waals surface area contributed by atoms with Crippen LogP contribution in [0.3, 0.4) is 0 Å². The molecule has 1 amide bonds. The molecular formula is C19H14F3N3O3S2. The van der Waals surface area contributed by atoms with Gasteiger partial charge >= 0.3 is 6.18 Å². The number of carbonyl (C=O) groups is 1. The van der Waals surface area contributed by atoms with Crippen molar-refractivity contribution in [2.24, 2.45) is 5.10 Å². The highest BCUT2D eigenvalue weighted by Gasteiger charge is 2.32. The van der Waals surface area contributed by atoms with Crippen LogP contribution in [0.4, 0.5) is 18.9 Å². The molecular weight excluding hydrogens is 439 g/mol. The van der Waals surface area contributed by atoms with Gasteiger partial charge in [-0.2, -0.15) is 18.3 Å². The molecule has 0 aliphatic carbocycles. The molecule has 0 saturated heterocycles. The number of hydrogen-bond donors (Lipinski definition) is 2.